The first-order valence-electron chi connectivity index (χ1n) is 9.74. The lowest BCUT2D eigenvalue weighted by Gasteiger charge is -2.16. The molecule has 4 rings (SSSR count). The normalized spacial score (nSPS) is 10.8. The van der Waals surface area contributed by atoms with Crippen molar-refractivity contribution in [3.05, 3.63) is 65.5 Å². The fourth-order valence-electron chi connectivity index (χ4n) is 3.76. The van der Waals surface area contributed by atoms with E-state index in [1.54, 1.807) is 14.2 Å². The van der Waals surface area contributed by atoms with Crippen molar-refractivity contribution < 1.29 is 14.6 Å². The van der Waals surface area contributed by atoms with Crippen LogP contribution in [0.2, 0.25) is 0 Å². The van der Waals surface area contributed by atoms with Gasteiger partial charge in [-0.05, 0) is 41.6 Å². The second-order valence-corrected chi connectivity index (χ2v) is 7.08. The van der Waals surface area contributed by atoms with Gasteiger partial charge in [-0.3, -0.25) is 4.98 Å². The lowest BCUT2D eigenvalue weighted by molar-refractivity contribution is 0.355. The van der Waals surface area contributed by atoms with Gasteiger partial charge in [0, 0.05) is 29.0 Å². The summed E-state index contributed by atoms with van der Waals surface area (Å²) in [6.07, 6.45) is 4.09. The van der Waals surface area contributed by atoms with E-state index in [0.717, 1.165) is 51.3 Å². The second-order valence-electron chi connectivity index (χ2n) is 7.08. The van der Waals surface area contributed by atoms with E-state index >= 15 is 0 Å². The number of pyridine rings is 2. The maximum absolute atomic E-state index is 10.8. The maximum Gasteiger partial charge on any atom is 0.215 e. The van der Waals surface area contributed by atoms with Crippen LogP contribution in [0.25, 0.3) is 21.7 Å². The van der Waals surface area contributed by atoms with Crippen LogP contribution in [0.3, 0.4) is 0 Å². The Morgan fingerprint density at radius 2 is 1.67 bits per heavy atom. The summed E-state index contributed by atoms with van der Waals surface area (Å²) >= 11 is 0. The Bertz CT molecular complexity index is 1190. The number of hydrogen-bond donors (Lipinski definition) is 1. The molecule has 0 aliphatic rings. The number of aryl methyl sites for hydroxylation is 1. The lowest BCUT2D eigenvalue weighted by Crippen LogP contribution is -2.01. The van der Waals surface area contributed by atoms with E-state index in [2.05, 4.69) is 23.0 Å². The molecule has 0 saturated heterocycles. The molecule has 156 valence electrons. The van der Waals surface area contributed by atoms with Gasteiger partial charge in [0.25, 0.3) is 0 Å². The number of aromatic nitrogens is 2. The van der Waals surface area contributed by atoms with E-state index in [-0.39, 0.29) is 18.3 Å². The zero-order valence-electron chi connectivity index (χ0n) is 17.3. The van der Waals surface area contributed by atoms with Crippen LogP contribution in [0.4, 0.5) is 0 Å². The number of methoxy groups -OCH3 is 2. The minimum Gasteiger partial charge on any atom is -0.493 e. The van der Waals surface area contributed by atoms with Crippen molar-refractivity contribution in [2.24, 2.45) is 0 Å². The smallest absolute Gasteiger partial charge is 0.215 e. The Kier molecular flexibility index (Phi) is 6.63. The molecule has 30 heavy (non-hydrogen) atoms. The first-order chi connectivity index (χ1) is 14.1. The van der Waals surface area contributed by atoms with Crippen molar-refractivity contribution >= 4 is 34.1 Å². The molecule has 0 bridgehead atoms. The van der Waals surface area contributed by atoms with Crippen molar-refractivity contribution in [1.29, 1.82) is 0 Å². The maximum atomic E-state index is 10.8. The van der Waals surface area contributed by atoms with Gasteiger partial charge in [0.15, 0.2) is 11.5 Å². The Labute approximate surface area is 182 Å². The Morgan fingerprint density at radius 1 is 0.967 bits per heavy atom. The van der Waals surface area contributed by atoms with Crippen molar-refractivity contribution in [3.8, 4) is 17.4 Å². The summed E-state index contributed by atoms with van der Waals surface area (Å²) in [5, 5.41) is 13.8. The third kappa shape index (κ3) is 3.98. The van der Waals surface area contributed by atoms with Crippen molar-refractivity contribution in [2.45, 2.75) is 26.2 Å². The molecule has 6 heteroatoms. The van der Waals surface area contributed by atoms with Gasteiger partial charge >= 0.3 is 0 Å². The van der Waals surface area contributed by atoms with Gasteiger partial charge < -0.3 is 14.6 Å². The van der Waals surface area contributed by atoms with Gasteiger partial charge in [-0.25, -0.2) is 4.98 Å². The van der Waals surface area contributed by atoms with Crippen LogP contribution >= 0.6 is 12.4 Å². The fraction of sp³-hybridized carbons (Fsp3) is 0.250. The third-order valence-electron chi connectivity index (χ3n) is 5.19. The summed E-state index contributed by atoms with van der Waals surface area (Å²) < 4.78 is 11.0. The topological polar surface area (TPSA) is 64.5 Å². The van der Waals surface area contributed by atoms with Gasteiger partial charge in [-0.2, -0.15) is 0 Å². The molecule has 0 atom stereocenters. The van der Waals surface area contributed by atoms with Gasteiger partial charge in [-0.15, -0.1) is 12.4 Å². The third-order valence-corrected chi connectivity index (χ3v) is 5.19. The summed E-state index contributed by atoms with van der Waals surface area (Å²) in [5.41, 5.74) is 3.59. The van der Waals surface area contributed by atoms with Gasteiger partial charge in [0.2, 0.25) is 5.88 Å². The molecule has 0 saturated carbocycles. The molecule has 0 unspecified atom stereocenters. The van der Waals surface area contributed by atoms with Crippen LogP contribution in [0.1, 0.15) is 30.2 Å². The van der Waals surface area contributed by atoms with Crippen molar-refractivity contribution in [1.82, 2.24) is 9.97 Å². The summed E-state index contributed by atoms with van der Waals surface area (Å²) in [6, 6.07) is 14.0. The molecular weight excluding hydrogens is 400 g/mol. The molecule has 0 aliphatic heterocycles. The van der Waals surface area contributed by atoms with Gasteiger partial charge in [0.05, 0.1) is 25.4 Å². The summed E-state index contributed by atoms with van der Waals surface area (Å²) in [5.74, 6) is 1.34. The van der Waals surface area contributed by atoms with Crippen molar-refractivity contribution in [3.63, 3.8) is 0 Å². The first-order valence-corrected chi connectivity index (χ1v) is 9.74. The Morgan fingerprint density at radius 3 is 2.37 bits per heavy atom. The molecule has 0 radical (unpaired) electrons. The van der Waals surface area contributed by atoms with E-state index < -0.39 is 0 Å². The van der Waals surface area contributed by atoms with E-state index in [9.17, 15) is 5.11 Å². The van der Waals surface area contributed by atoms with Crippen LogP contribution in [-0.4, -0.2) is 29.3 Å². The van der Waals surface area contributed by atoms with Crippen LogP contribution < -0.4 is 9.47 Å². The zero-order valence-corrected chi connectivity index (χ0v) is 18.1. The molecule has 0 amide bonds. The van der Waals surface area contributed by atoms with E-state index in [1.807, 2.05) is 42.6 Å². The summed E-state index contributed by atoms with van der Waals surface area (Å²) in [6.45, 7) is 2.10. The molecule has 2 aromatic carbocycles. The number of hydrogen-bond acceptors (Lipinski definition) is 5. The number of halogens is 1. The summed E-state index contributed by atoms with van der Waals surface area (Å²) in [4.78, 5) is 9.07. The molecule has 0 spiro atoms. The number of ether oxygens (including phenoxy) is 2. The monoisotopic (exact) mass is 424 g/mol. The van der Waals surface area contributed by atoms with Crippen molar-refractivity contribution in [2.75, 3.05) is 14.2 Å². The fourth-order valence-corrected chi connectivity index (χ4v) is 3.76. The van der Waals surface area contributed by atoms with Crippen LogP contribution in [0.15, 0.2) is 48.7 Å². The average molecular weight is 425 g/mol. The number of rotatable bonds is 6. The number of fused-ring (bicyclic) bond motifs is 2. The predicted octanol–water partition coefficient (Wildman–Crippen LogP) is 5.47. The highest BCUT2D eigenvalue weighted by Gasteiger charge is 2.17. The Balaban J connectivity index is 0.00000256. The SMILES string of the molecule is CCCc1nc(O)c(Cc2cnc3ccccc3c2)c2cc(OC)c(OC)cc12.Cl. The molecule has 0 fully saturated rings. The highest BCUT2D eigenvalue weighted by Crippen LogP contribution is 2.38. The van der Waals surface area contributed by atoms with Crippen LogP contribution in [-0.2, 0) is 12.8 Å². The number of nitrogens with zero attached hydrogens (tertiary/aromatic N) is 2. The molecule has 2 heterocycles. The molecule has 0 aliphatic carbocycles. The standard InChI is InChI=1S/C24H24N2O3.ClH/c1-4-7-21-18-13-23(29-3)22(28-2)12-17(18)19(24(27)26-21)11-15-10-16-8-5-6-9-20(16)25-14-15;/h5-6,8-10,12-14H,4,7,11H2,1-3H3,(H,26,27);1H. The Hall–Kier alpha value is -3.05. The number of benzene rings is 2. The molecule has 2 aromatic heterocycles. The zero-order chi connectivity index (χ0) is 20.4. The lowest BCUT2D eigenvalue weighted by atomic mass is 9.97. The minimum absolute atomic E-state index is 0. The molecule has 5 nitrogen and oxygen atoms in total. The average Bonchev–Trinajstić information content (AvgIpc) is 2.75. The summed E-state index contributed by atoms with van der Waals surface area (Å²) in [7, 11) is 3.24. The minimum atomic E-state index is 0. The van der Waals surface area contributed by atoms with E-state index in [1.165, 1.54) is 0 Å². The molecule has 1 N–H and O–H groups in total. The van der Waals surface area contributed by atoms with Gasteiger partial charge in [0.1, 0.15) is 0 Å². The molecule has 4 aromatic rings. The van der Waals surface area contributed by atoms with Crippen LogP contribution in [0.5, 0.6) is 17.4 Å². The predicted molar refractivity (Wildman–Crippen MR) is 122 cm³/mol. The highest BCUT2D eigenvalue weighted by atomic mass is 35.5. The van der Waals surface area contributed by atoms with Gasteiger partial charge in [-0.1, -0.05) is 31.5 Å². The first kappa shape index (κ1) is 21.7. The quantitative estimate of drug-likeness (QED) is 0.444. The molecular formula is C24H25ClN2O3. The van der Waals surface area contributed by atoms with E-state index in [0.29, 0.717) is 17.9 Å². The van der Waals surface area contributed by atoms with E-state index in [4.69, 9.17) is 9.47 Å². The largest absolute Gasteiger partial charge is 0.493 e. The number of aromatic hydroxyl groups is 1. The second kappa shape index (κ2) is 9.18. The van der Waals surface area contributed by atoms with Crippen LogP contribution in [0, 0.1) is 0 Å². The highest BCUT2D eigenvalue weighted by molar-refractivity contribution is 5.92. The number of para-hydroxylation sites is 1.